The number of rotatable bonds is 2. The highest BCUT2D eigenvalue weighted by molar-refractivity contribution is 5.80. The number of nitrogens with two attached hydrogens (primary N) is 1. The Morgan fingerprint density at radius 2 is 2.00 bits per heavy atom. The molecule has 1 amide bonds. The zero-order valence-electron chi connectivity index (χ0n) is 7.09. The predicted molar refractivity (Wildman–Crippen MR) is 42.2 cm³/mol. The van der Waals surface area contributed by atoms with Gasteiger partial charge in [0.1, 0.15) is 0 Å². The number of carbonyl (C=O) groups is 1. The van der Waals surface area contributed by atoms with E-state index in [1.807, 2.05) is 0 Å². The average Bonchev–Trinajstić information content (AvgIpc) is 2.61. The van der Waals surface area contributed by atoms with Gasteiger partial charge in [-0.3, -0.25) is 4.79 Å². The van der Waals surface area contributed by atoms with Gasteiger partial charge >= 0.3 is 0 Å². The molecule has 3 nitrogen and oxygen atoms in total. The molecule has 0 aliphatic heterocycles. The van der Waals surface area contributed by atoms with Gasteiger partial charge in [0.05, 0.1) is 0 Å². The van der Waals surface area contributed by atoms with Crippen molar-refractivity contribution in [3.05, 3.63) is 0 Å². The maximum absolute atomic E-state index is 12.4. The summed E-state index contributed by atoms with van der Waals surface area (Å²) in [6, 6.07) is 0.0614. The van der Waals surface area contributed by atoms with Crippen molar-refractivity contribution >= 4 is 5.91 Å². The van der Waals surface area contributed by atoms with Crippen molar-refractivity contribution < 1.29 is 13.6 Å². The van der Waals surface area contributed by atoms with Crippen LogP contribution in [0.3, 0.4) is 0 Å². The lowest BCUT2D eigenvalue weighted by atomic mass is 9.81. The van der Waals surface area contributed by atoms with E-state index in [1.54, 1.807) is 0 Å². The SMILES string of the molecule is NC1CC1NC(=O)C1CC(F)(F)C1. The number of carbonyl (C=O) groups excluding carboxylic acids is 1. The van der Waals surface area contributed by atoms with Crippen molar-refractivity contribution in [1.82, 2.24) is 5.32 Å². The van der Waals surface area contributed by atoms with Crippen LogP contribution in [-0.4, -0.2) is 23.9 Å². The van der Waals surface area contributed by atoms with E-state index in [9.17, 15) is 13.6 Å². The lowest BCUT2D eigenvalue weighted by molar-refractivity contribution is -0.150. The van der Waals surface area contributed by atoms with Gasteiger partial charge in [-0.25, -0.2) is 8.78 Å². The average molecular weight is 190 g/mol. The fourth-order valence-corrected chi connectivity index (χ4v) is 1.53. The van der Waals surface area contributed by atoms with Crippen molar-refractivity contribution in [1.29, 1.82) is 0 Å². The Hall–Kier alpha value is -0.710. The van der Waals surface area contributed by atoms with Gasteiger partial charge in [0, 0.05) is 30.8 Å². The van der Waals surface area contributed by atoms with E-state index in [-0.39, 0.29) is 30.8 Å². The first-order chi connectivity index (χ1) is 5.98. The van der Waals surface area contributed by atoms with Crippen LogP contribution < -0.4 is 11.1 Å². The van der Waals surface area contributed by atoms with E-state index < -0.39 is 11.8 Å². The Bertz CT molecular complexity index is 236. The van der Waals surface area contributed by atoms with Gasteiger partial charge in [-0.15, -0.1) is 0 Å². The van der Waals surface area contributed by atoms with E-state index in [4.69, 9.17) is 5.73 Å². The molecule has 0 bridgehead atoms. The lowest BCUT2D eigenvalue weighted by Gasteiger charge is -2.33. The van der Waals surface area contributed by atoms with Crippen molar-refractivity contribution in [2.45, 2.75) is 37.3 Å². The molecule has 0 saturated heterocycles. The second kappa shape index (κ2) is 2.64. The van der Waals surface area contributed by atoms with Crippen LogP contribution >= 0.6 is 0 Å². The predicted octanol–water partition coefficient (Wildman–Crippen LogP) is 0.247. The third-order valence-corrected chi connectivity index (χ3v) is 2.63. The topological polar surface area (TPSA) is 55.1 Å². The maximum atomic E-state index is 12.4. The van der Waals surface area contributed by atoms with Gasteiger partial charge in [0.15, 0.2) is 0 Å². The van der Waals surface area contributed by atoms with E-state index in [2.05, 4.69) is 5.32 Å². The minimum atomic E-state index is -2.62. The van der Waals surface area contributed by atoms with Crippen LogP contribution in [0, 0.1) is 5.92 Å². The zero-order valence-corrected chi connectivity index (χ0v) is 7.09. The van der Waals surface area contributed by atoms with E-state index in [0.717, 1.165) is 6.42 Å². The van der Waals surface area contributed by atoms with E-state index in [0.29, 0.717) is 0 Å². The summed E-state index contributed by atoms with van der Waals surface area (Å²) in [5.41, 5.74) is 5.46. The first kappa shape index (κ1) is 8.87. The van der Waals surface area contributed by atoms with Gasteiger partial charge in [0.2, 0.25) is 11.8 Å². The van der Waals surface area contributed by atoms with Gasteiger partial charge < -0.3 is 11.1 Å². The van der Waals surface area contributed by atoms with Gasteiger partial charge in [-0.2, -0.15) is 0 Å². The highest BCUT2D eigenvalue weighted by Crippen LogP contribution is 2.42. The Morgan fingerprint density at radius 3 is 2.38 bits per heavy atom. The van der Waals surface area contributed by atoms with Crippen LogP contribution in [0.4, 0.5) is 8.78 Å². The van der Waals surface area contributed by atoms with Crippen LogP contribution in [0.1, 0.15) is 19.3 Å². The lowest BCUT2D eigenvalue weighted by Crippen LogP contribution is -2.46. The largest absolute Gasteiger partial charge is 0.352 e. The number of halogens is 2. The molecule has 2 aliphatic carbocycles. The van der Waals surface area contributed by atoms with Crippen molar-refractivity contribution in [3.63, 3.8) is 0 Å². The minimum Gasteiger partial charge on any atom is -0.352 e. The number of amides is 1. The molecule has 2 atom stereocenters. The molecule has 0 aromatic heterocycles. The molecule has 0 heterocycles. The van der Waals surface area contributed by atoms with Gasteiger partial charge in [0.25, 0.3) is 0 Å². The fourth-order valence-electron chi connectivity index (χ4n) is 1.53. The molecule has 74 valence electrons. The Morgan fingerprint density at radius 1 is 1.46 bits per heavy atom. The van der Waals surface area contributed by atoms with E-state index in [1.165, 1.54) is 0 Å². The summed E-state index contributed by atoms with van der Waals surface area (Å²) in [4.78, 5) is 11.2. The molecular weight excluding hydrogens is 178 g/mol. The molecule has 3 N–H and O–H groups in total. The summed E-state index contributed by atoms with van der Waals surface area (Å²) < 4.78 is 24.7. The Kier molecular flexibility index (Phi) is 1.80. The second-order valence-electron chi connectivity index (χ2n) is 3.98. The van der Waals surface area contributed by atoms with Crippen LogP contribution in [0.25, 0.3) is 0 Å². The Balaban J connectivity index is 1.74. The van der Waals surface area contributed by atoms with Gasteiger partial charge in [-0.05, 0) is 6.42 Å². The summed E-state index contributed by atoms with van der Waals surface area (Å²) >= 11 is 0. The molecule has 2 unspecified atom stereocenters. The number of hydrogen-bond donors (Lipinski definition) is 2. The maximum Gasteiger partial charge on any atom is 0.249 e. The zero-order chi connectivity index (χ0) is 9.64. The molecular formula is C8H12F2N2O. The summed E-state index contributed by atoms with van der Waals surface area (Å²) in [5, 5.41) is 2.65. The molecule has 2 aliphatic rings. The molecule has 2 rings (SSSR count). The second-order valence-corrected chi connectivity index (χ2v) is 3.98. The molecule has 2 fully saturated rings. The summed E-state index contributed by atoms with van der Waals surface area (Å²) in [7, 11) is 0. The normalized spacial score (nSPS) is 36.5. The molecule has 0 spiro atoms. The van der Waals surface area contributed by atoms with E-state index >= 15 is 0 Å². The third kappa shape index (κ3) is 1.80. The smallest absolute Gasteiger partial charge is 0.249 e. The first-order valence-electron chi connectivity index (χ1n) is 4.42. The van der Waals surface area contributed by atoms with Crippen molar-refractivity contribution in [3.8, 4) is 0 Å². The summed E-state index contributed by atoms with van der Waals surface area (Å²) in [6.07, 6.45) is 0.163. The number of nitrogens with one attached hydrogen (secondary N) is 1. The highest BCUT2D eigenvalue weighted by atomic mass is 19.3. The number of hydrogen-bond acceptors (Lipinski definition) is 2. The highest BCUT2D eigenvalue weighted by Gasteiger charge is 2.49. The third-order valence-electron chi connectivity index (χ3n) is 2.63. The molecule has 0 aromatic carbocycles. The summed E-state index contributed by atoms with van der Waals surface area (Å²) in [6.45, 7) is 0. The first-order valence-corrected chi connectivity index (χ1v) is 4.42. The van der Waals surface area contributed by atoms with Gasteiger partial charge in [-0.1, -0.05) is 0 Å². The quantitative estimate of drug-likeness (QED) is 0.655. The van der Waals surface area contributed by atoms with Crippen LogP contribution in [0.15, 0.2) is 0 Å². The van der Waals surface area contributed by atoms with Crippen molar-refractivity contribution in [2.75, 3.05) is 0 Å². The summed E-state index contributed by atoms with van der Waals surface area (Å²) in [5.74, 6) is -3.38. The molecule has 0 aromatic rings. The minimum absolute atomic E-state index is 0.0294. The monoisotopic (exact) mass is 190 g/mol. The number of alkyl halides is 2. The van der Waals surface area contributed by atoms with Crippen LogP contribution in [0.2, 0.25) is 0 Å². The van der Waals surface area contributed by atoms with Crippen LogP contribution in [0.5, 0.6) is 0 Å². The molecule has 5 heteroatoms. The fraction of sp³-hybridized carbons (Fsp3) is 0.875. The molecule has 13 heavy (non-hydrogen) atoms. The molecule has 0 radical (unpaired) electrons. The molecule has 2 saturated carbocycles. The van der Waals surface area contributed by atoms with Crippen LogP contribution in [-0.2, 0) is 4.79 Å². The Labute approximate surface area is 74.7 Å². The van der Waals surface area contributed by atoms with Crippen molar-refractivity contribution in [2.24, 2.45) is 11.7 Å². The standard InChI is InChI=1S/C8H12F2N2O/c9-8(10)2-4(3-8)7(13)12-6-1-5(6)11/h4-6H,1-3,11H2,(H,12,13).